The van der Waals surface area contributed by atoms with Gasteiger partial charge in [-0.25, -0.2) is 4.98 Å². The molecular formula is C18H20N4O3. The monoisotopic (exact) mass is 340 g/mol. The van der Waals surface area contributed by atoms with Gasteiger partial charge in [0.2, 0.25) is 5.91 Å². The number of likely N-dealkylation sites (tertiary alicyclic amines) is 1. The summed E-state index contributed by atoms with van der Waals surface area (Å²) >= 11 is 0. The molecule has 0 unspecified atom stereocenters. The summed E-state index contributed by atoms with van der Waals surface area (Å²) in [5, 5.41) is 2.92. The van der Waals surface area contributed by atoms with E-state index in [9.17, 15) is 9.59 Å². The van der Waals surface area contributed by atoms with Crippen LogP contribution in [0.25, 0.3) is 0 Å². The SMILES string of the molecule is COc1ccccc1CCNC(=O)C1CN(C(=O)c2cnccn2)C1. The van der Waals surface area contributed by atoms with Crippen molar-refractivity contribution in [3.05, 3.63) is 54.1 Å². The molecule has 0 aliphatic carbocycles. The number of rotatable bonds is 6. The summed E-state index contributed by atoms with van der Waals surface area (Å²) in [5.74, 6) is 0.434. The van der Waals surface area contributed by atoms with E-state index in [1.54, 1.807) is 12.0 Å². The molecule has 1 aromatic carbocycles. The van der Waals surface area contributed by atoms with Crippen LogP contribution < -0.4 is 10.1 Å². The minimum Gasteiger partial charge on any atom is -0.496 e. The van der Waals surface area contributed by atoms with Crippen LogP contribution in [0.2, 0.25) is 0 Å². The Morgan fingerprint density at radius 2 is 2.08 bits per heavy atom. The summed E-state index contributed by atoms with van der Waals surface area (Å²) in [5.41, 5.74) is 1.36. The Balaban J connectivity index is 1.43. The number of amides is 2. The number of benzene rings is 1. The number of para-hydroxylation sites is 1. The fraction of sp³-hybridized carbons (Fsp3) is 0.333. The minimum absolute atomic E-state index is 0.0295. The molecule has 2 aromatic rings. The van der Waals surface area contributed by atoms with E-state index in [0.29, 0.717) is 31.7 Å². The summed E-state index contributed by atoms with van der Waals surface area (Å²) in [4.78, 5) is 33.8. The molecule has 0 saturated carbocycles. The maximum atomic E-state index is 12.2. The lowest BCUT2D eigenvalue weighted by Gasteiger charge is -2.37. The Morgan fingerprint density at radius 3 is 2.80 bits per heavy atom. The van der Waals surface area contributed by atoms with Crippen LogP contribution in [0.15, 0.2) is 42.9 Å². The zero-order valence-electron chi connectivity index (χ0n) is 14.0. The van der Waals surface area contributed by atoms with Crippen molar-refractivity contribution in [2.45, 2.75) is 6.42 Å². The van der Waals surface area contributed by atoms with Gasteiger partial charge in [0.05, 0.1) is 19.2 Å². The molecule has 1 aliphatic heterocycles. The molecule has 0 bridgehead atoms. The third-order valence-electron chi connectivity index (χ3n) is 4.21. The second-order valence-corrected chi connectivity index (χ2v) is 5.85. The van der Waals surface area contributed by atoms with Gasteiger partial charge in [-0.05, 0) is 18.1 Å². The van der Waals surface area contributed by atoms with E-state index in [1.807, 2.05) is 24.3 Å². The van der Waals surface area contributed by atoms with Crippen LogP contribution in [0.4, 0.5) is 0 Å². The average Bonchev–Trinajstić information content (AvgIpc) is 2.61. The summed E-state index contributed by atoms with van der Waals surface area (Å²) in [6, 6.07) is 7.74. The molecule has 25 heavy (non-hydrogen) atoms. The molecule has 7 heteroatoms. The highest BCUT2D eigenvalue weighted by Gasteiger charge is 2.36. The molecule has 0 spiro atoms. The third-order valence-corrected chi connectivity index (χ3v) is 4.21. The number of nitrogens with one attached hydrogen (secondary N) is 1. The standard InChI is InChI=1S/C18H20N4O3/c1-25-16-5-3-2-4-13(16)6-7-21-17(23)14-11-22(12-14)18(24)15-10-19-8-9-20-15/h2-5,8-10,14H,6-7,11-12H2,1H3,(H,21,23). The first-order valence-corrected chi connectivity index (χ1v) is 8.14. The quantitative estimate of drug-likeness (QED) is 0.845. The van der Waals surface area contributed by atoms with Gasteiger partial charge in [0, 0.05) is 32.0 Å². The number of ether oxygens (including phenoxy) is 1. The molecule has 1 aliphatic rings. The zero-order valence-corrected chi connectivity index (χ0v) is 14.0. The minimum atomic E-state index is -0.189. The van der Waals surface area contributed by atoms with Crippen molar-refractivity contribution in [2.24, 2.45) is 5.92 Å². The maximum absolute atomic E-state index is 12.2. The molecule has 1 saturated heterocycles. The highest BCUT2D eigenvalue weighted by Crippen LogP contribution is 2.19. The van der Waals surface area contributed by atoms with E-state index < -0.39 is 0 Å². The number of carbonyl (C=O) groups excluding carboxylic acids is 2. The van der Waals surface area contributed by atoms with Gasteiger partial charge in [-0.3, -0.25) is 14.6 Å². The Kier molecular flexibility index (Phi) is 5.23. The predicted molar refractivity (Wildman–Crippen MR) is 91.1 cm³/mol. The average molecular weight is 340 g/mol. The number of hydrogen-bond acceptors (Lipinski definition) is 5. The van der Waals surface area contributed by atoms with Crippen molar-refractivity contribution < 1.29 is 14.3 Å². The van der Waals surface area contributed by atoms with Gasteiger partial charge in [-0.15, -0.1) is 0 Å². The van der Waals surface area contributed by atoms with E-state index in [-0.39, 0.29) is 17.7 Å². The number of nitrogens with zero attached hydrogens (tertiary/aromatic N) is 3. The first kappa shape index (κ1) is 16.9. The highest BCUT2D eigenvalue weighted by atomic mass is 16.5. The number of hydrogen-bond donors (Lipinski definition) is 1. The van der Waals surface area contributed by atoms with Crippen LogP contribution >= 0.6 is 0 Å². The summed E-state index contributed by atoms with van der Waals surface area (Å²) in [7, 11) is 1.63. The van der Waals surface area contributed by atoms with Gasteiger partial charge in [0.25, 0.3) is 5.91 Å². The van der Waals surface area contributed by atoms with Crippen LogP contribution in [0.5, 0.6) is 5.75 Å². The highest BCUT2D eigenvalue weighted by molar-refractivity contribution is 5.94. The Morgan fingerprint density at radius 1 is 1.28 bits per heavy atom. The van der Waals surface area contributed by atoms with Crippen LogP contribution in [-0.2, 0) is 11.2 Å². The molecule has 7 nitrogen and oxygen atoms in total. The second kappa shape index (κ2) is 7.74. The first-order valence-electron chi connectivity index (χ1n) is 8.14. The van der Waals surface area contributed by atoms with Gasteiger partial charge in [-0.2, -0.15) is 0 Å². The fourth-order valence-electron chi connectivity index (χ4n) is 2.76. The molecule has 2 amide bonds. The van der Waals surface area contributed by atoms with Gasteiger partial charge in [0.15, 0.2) is 0 Å². The van der Waals surface area contributed by atoms with E-state index in [4.69, 9.17) is 4.74 Å². The molecule has 1 aromatic heterocycles. The predicted octanol–water partition coefficient (Wildman–Crippen LogP) is 0.916. The van der Waals surface area contributed by atoms with Crippen LogP contribution in [0, 0.1) is 5.92 Å². The molecule has 0 radical (unpaired) electrons. The topological polar surface area (TPSA) is 84.4 Å². The van der Waals surface area contributed by atoms with Crippen molar-refractivity contribution in [3.63, 3.8) is 0 Å². The van der Waals surface area contributed by atoms with Crippen LogP contribution in [0.1, 0.15) is 16.1 Å². The van der Waals surface area contributed by atoms with Gasteiger partial charge in [0.1, 0.15) is 11.4 Å². The van der Waals surface area contributed by atoms with Crippen molar-refractivity contribution in [1.29, 1.82) is 0 Å². The van der Waals surface area contributed by atoms with Crippen molar-refractivity contribution >= 4 is 11.8 Å². The lowest BCUT2D eigenvalue weighted by Crippen LogP contribution is -2.56. The van der Waals surface area contributed by atoms with Gasteiger partial charge < -0.3 is 15.0 Å². The molecule has 1 N–H and O–H groups in total. The first-order chi connectivity index (χ1) is 12.2. The summed E-state index contributed by atoms with van der Waals surface area (Å²) < 4.78 is 5.30. The number of carbonyl (C=O) groups is 2. The largest absolute Gasteiger partial charge is 0.496 e. The lowest BCUT2D eigenvalue weighted by atomic mass is 9.98. The van der Waals surface area contributed by atoms with E-state index >= 15 is 0 Å². The number of aromatic nitrogens is 2. The van der Waals surface area contributed by atoms with Crippen LogP contribution in [0.3, 0.4) is 0 Å². The lowest BCUT2D eigenvalue weighted by molar-refractivity contribution is -0.128. The Hall–Kier alpha value is -2.96. The fourth-order valence-corrected chi connectivity index (χ4v) is 2.76. The van der Waals surface area contributed by atoms with Crippen molar-refractivity contribution in [1.82, 2.24) is 20.2 Å². The van der Waals surface area contributed by atoms with E-state index in [1.165, 1.54) is 18.6 Å². The molecular weight excluding hydrogens is 320 g/mol. The second-order valence-electron chi connectivity index (χ2n) is 5.85. The van der Waals surface area contributed by atoms with Gasteiger partial charge >= 0.3 is 0 Å². The zero-order chi connectivity index (χ0) is 17.6. The summed E-state index contributed by atoms with van der Waals surface area (Å²) in [6.07, 6.45) is 5.13. The molecule has 2 heterocycles. The molecule has 0 atom stereocenters. The molecule has 1 fully saturated rings. The molecule has 3 rings (SSSR count). The maximum Gasteiger partial charge on any atom is 0.274 e. The van der Waals surface area contributed by atoms with Crippen LogP contribution in [-0.4, -0.2) is 53.4 Å². The van der Waals surface area contributed by atoms with Crippen molar-refractivity contribution in [3.8, 4) is 5.75 Å². The van der Waals surface area contributed by atoms with E-state index in [2.05, 4.69) is 15.3 Å². The van der Waals surface area contributed by atoms with E-state index in [0.717, 1.165) is 11.3 Å². The Labute approximate surface area is 146 Å². The third kappa shape index (κ3) is 3.93. The smallest absolute Gasteiger partial charge is 0.274 e. The Bertz CT molecular complexity index is 745. The normalized spacial score (nSPS) is 13.9. The van der Waals surface area contributed by atoms with Gasteiger partial charge in [-0.1, -0.05) is 18.2 Å². The summed E-state index contributed by atoms with van der Waals surface area (Å²) in [6.45, 7) is 1.36. The molecule has 130 valence electrons. The van der Waals surface area contributed by atoms with Crippen molar-refractivity contribution in [2.75, 3.05) is 26.7 Å². The number of methoxy groups -OCH3 is 1.